The Bertz CT molecular complexity index is 312. The van der Waals surface area contributed by atoms with Gasteiger partial charge in [-0.25, -0.2) is 0 Å². The molecule has 0 radical (unpaired) electrons. The molecule has 0 amide bonds. The molecule has 2 bridgehead atoms. The second kappa shape index (κ2) is 4.17. The van der Waals surface area contributed by atoms with Crippen LogP contribution in [0.3, 0.4) is 0 Å². The van der Waals surface area contributed by atoms with Crippen molar-refractivity contribution in [1.82, 2.24) is 0 Å². The number of rotatable bonds is 2. The number of Topliss-reactive ketones (excluding diaryl/α,β-unsaturated/α-hetero) is 1. The van der Waals surface area contributed by atoms with E-state index in [1.165, 1.54) is 0 Å². The van der Waals surface area contributed by atoms with Crippen LogP contribution in [0.15, 0.2) is 0 Å². The van der Waals surface area contributed by atoms with Crippen molar-refractivity contribution in [3.05, 3.63) is 0 Å². The topological polar surface area (TPSA) is 63.6 Å². The number of ketones is 1. The molecular weight excluding hydrogens is 208 g/mol. The summed E-state index contributed by atoms with van der Waals surface area (Å²) in [6.07, 6.45) is 3.11. The molecule has 2 aliphatic rings. The normalized spacial score (nSPS) is 38.2. The Hall–Kier alpha value is -0.900. The maximum atomic E-state index is 11.9. The minimum absolute atomic E-state index is 0.0148. The Kier molecular flexibility index (Phi) is 3.02. The van der Waals surface area contributed by atoms with Gasteiger partial charge in [-0.15, -0.1) is 0 Å². The zero-order valence-electron chi connectivity index (χ0n) is 9.57. The van der Waals surface area contributed by atoms with Crippen molar-refractivity contribution in [1.29, 1.82) is 0 Å². The molecule has 2 aliphatic carbocycles. The third-order valence-electron chi connectivity index (χ3n) is 3.72. The number of aliphatic hydroxyl groups is 1. The number of fused-ring (bicyclic) bond motifs is 2. The Labute approximate surface area is 95.0 Å². The van der Waals surface area contributed by atoms with Gasteiger partial charge in [0.15, 0.2) is 0 Å². The average Bonchev–Trinajstić information content (AvgIpc) is 2.15. The lowest BCUT2D eigenvalue weighted by Gasteiger charge is -2.43. The highest BCUT2D eigenvalue weighted by Crippen LogP contribution is 2.44. The molecule has 0 aromatic heterocycles. The molecule has 4 heteroatoms. The molecule has 2 rings (SSSR count). The van der Waals surface area contributed by atoms with Crippen LogP contribution >= 0.6 is 0 Å². The first kappa shape index (κ1) is 11.6. The SMILES string of the molecule is CCOC(=O)[C@@H]1C(=O)C[C@@]2(O)CCC[C@H]1C2. The highest BCUT2D eigenvalue weighted by Gasteiger charge is 2.49. The van der Waals surface area contributed by atoms with Gasteiger partial charge in [0.1, 0.15) is 11.7 Å². The molecule has 16 heavy (non-hydrogen) atoms. The molecule has 3 atom stereocenters. The third kappa shape index (κ3) is 1.98. The lowest BCUT2D eigenvalue weighted by Crippen LogP contribution is -2.50. The van der Waals surface area contributed by atoms with E-state index in [9.17, 15) is 14.7 Å². The van der Waals surface area contributed by atoms with E-state index in [1.54, 1.807) is 6.92 Å². The summed E-state index contributed by atoms with van der Waals surface area (Å²) in [6, 6.07) is 0. The smallest absolute Gasteiger partial charge is 0.316 e. The summed E-state index contributed by atoms with van der Waals surface area (Å²) in [7, 11) is 0. The van der Waals surface area contributed by atoms with Gasteiger partial charge >= 0.3 is 5.97 Å². The molecule has 2 saturated carbocycles. The molecule has 0 unspecified atom stereocenters. The van der Waals surface area contributed by atoms with Crippen LogP contribution in [0.4, 0.5) is 0 Å². The minimum Gasteiger partial charge on any atom is -0.465 e. The van der Waals surface area contributed by atoms with Crippen LogP contribution in [0.25, 0.3) is 0 Å². The van der Waals surface area contributed by atoms with Crippen molar-refractivity contribution >= 4 is 11.8 Å². The fourth-order valence-electron chi connectivity index (χ4n) is 3.08. The Morgan fingerprint density at radius 2 is 2.38 bits per heavy atom. The van der Waals surface area contributed by atoms with Crippen LogP contribution in [-0.4, -0.2) is 29.1 Å². The highest BCUT2D eigenvalue weighted by molar-refractivity contribution is 6.00. The predicted octanol–water partition coefficient (Wildman–Crippen LogP) is 1.06. The molecule has 0 aromatic carbocycles. The van der Waals surface area contributed by atoms with E-state index in [0.717, 1.165) is 12.8 Å². The summed E-state index contributed by atoms with van der Waals surface area (Å²) in [5, 5.41) is 10.1. The van der Waals surface area contributed by atoms with Crippen molar-refractivity contribution in [2.24, 2.45) is 11.8 Å². The van der Waals surface area contributed by atoms with Gasteiger partial charge in [-0.1, -0.05) is 6.42 Å². The van der Waals surface area contributed by atoms with E-state index < -0.39 is 17.5 Å². The van der Waals surface area contributed by atoms with Gasteiger partial charge in [-0.3, -0.25) is 9.59 Å². The van der Waals surface area contributed by atoms with Crippen molar-refractivity contribution < 1.29 is 19.4 Å². The minimum atomic E-state index is -0.844. The monoisotopic (exact) mass is 226 g/mol. The molecule has 0 heterocycles. The van der Waals surface area contributed by atoms with E-state index in [4.69, 9.17) is 4.74 Å². The van der Waals surface area contributed by atoms with Crippen LogP contribution in [-0.2, 0) is 14.3 Å². The van der Waals surface area contributed by atoms with E-state index in [1.807, 2.05) is 0 Å². The van der Waals surface area contributed by atoms with E-state index in [2.05, 4.69) is 0 Å². The predicted molar refractivity (Wildman–Crippen MR) is 56.7 cm³/mol. The van der Waals surface area contributed by atoms with Gasteiger partial charge in [0, 0.05) is 6.42 Å². The summed E-state index contributed by atoms with van der Waals surface area (Å²) in [4.78, 5) is 23.6. The third-order valence-corrected chi connectivity index (χ3v) is 3.72. The maximum absolute atomic E-state index is 11.9. The number of hydrogen-bond donors (Lipinski definition) is 1. The van der Waals surface area contributed by atoms with Crippen LogP contribution in [0, 0.1) is 11.8 Å². The molecule has 0 saturated heterocycles. The van der Waals surface area contributed by atoms with Crippen molar-refractivity contribution in [2.45, 2.75) is 44.6 Å². The van der Waals surface area contributed by atoms with Gasteiger partial charge in [-0.2, -0.15) is 0 Å². The zero-order chi connectivity index (χ0) is 11.8. The quantitative estimate of drug-likeness (QED) is 0.565. The Morgan fingerprint density at radius 1 is 1.62 bits per heavy atom. The van der Waals surface area contributed by atoms with Gasteiger partial charge in [0.25, 0.3) is 0 Å². The summed E-state index contributed by atoms with van der Waals surface area (Å²) in [5.41, 5.74) is -0.844. The Balaban J connectivity index is 2.14. The first-order valence-corrected chi connectivity index (χ1v) is 5.97. The van der Waals surface area contributed by atoms with Crippen molar-refractivity contribution in [2.75, 3.05) is 6.61 Å². The van der Waals surface area contributed by atoms with E-state index in [-0.39, 0.29) is 18.1 Å². The standard InChI is InChI=1S/C12H18O4/c1-2-16-11(14)10-8-4-3-5-12(15,6-8)7-9(10)13/h8,10,15H,2-7H2,1H3/t8-,10-,12+/m0/s1. The Morgan fingerprint density at radius 3 is 3.06 bits per heavy atom. The van der Waals surface area contributed by atoms with Crippen LogP contribution < -0.4 is 0 Å². The fraction of sp³-hybridized carbons (Fsp3) is 0.833. The van der Waals surface area contributed by atoms with Crippen molar-refractivity contribution in [3.8, 4) is 0 Å². The molecule has 1 N–H and O–H groups in total. The molecule has 0 spiro atoms. The first-order chi connectivity index (χ1) is 7.56. The maximum Gasteiger partial charge on any atom is 0.316 e. The fourth-order valence-corrected chi connectivity index (χ4v) is 3.08. The molecule has 4 nitrogen and oxygen atoms in total. The van der Waals surface area contributed by atoms with E-state index in [0.29, 0.717) is 19.4 Å². The lowest BCUT2D eigenvalue weighted by atomic mass is 9.64. The van der Waals surface area contributed by atoms with Crippen LogP contribution in [0.5, 0.6) is 0 Å². The first-order valence-electron chi connectivity index (χ1n) is 5.97. The van der Waals surface area contributed by atoms with Gasteiger partial charge in [0.05, 0.1) is 12.2 Å². The summed E-state index contributed by atoms with van der Waals surface area (Å²) < 4.78 is 4.93. The number of ether oxygens (including phenoxy) is 1. The molecule has 0 aromatic rings. The molecule has 90 valence electrons. The number of carbonyl (C=O) groups is 2. The second-order valence-electron chi connectivity index (χ2n) is 4.95. The second-order valence-corrected chi connectivity index (χ2v) is 4.95. The van der Waals surface area contributed by atoms with Crippen LogP contribution in [0.1, 0.15) is 39.0 Å². The van der Waals surface area contributed by atoms with Crippen molar-refractivity contribution in [3.63, 3.8) is 0 Å². The van der Waals surface area contributed by atoms with Crippen LogP contribution in [0.2, 0.25) is 0 Å². The van der Waals surface area contributed by atoms with Gasteiger partial charge in [-0.05, 0) is 32.1 Å². The van der Waals surface area contributed by atoms with Gasteiger partial charge < -0.3 is 9.84 Å². The summed E-state index contributed by atoms with van der Waals surface area (Å²) in [5.74, 6) is -1.18. The lowest BCUT2D eigenvalue weighted by molar-refractivity contribution is -0.163. The van der Waals surface area contributed by atoms with Gasteiger partial charge in [0.2, 0.25) is 0 Å². The zero-order valence-corrected chi connectivity index (χ0v) is 9.57. The number of hydrogen-bond acceptors (Lipinski definition) is 4. The van der Waals surface area contributed by atoms with E-state index >= 15 is 0 Å². The number of carbonyl (C=O) groups excluding carboxylic acids is 2. The molecule has 0 aliphatic heterocycles. The summed E-state index contributed by atoms with van der Waals surface area (Å²) in [6.45, 7) is 2.04. The summed E-state index contributed by atoms with van der Waals surface area (Å²) >= 11 is 0. The average molecular weight is 226 g/mol. The number of esters is 1. The molecule has 2 fully saturated rings. The molecular formula is C12H18O4. The largest absolute Gasteiger partial charge is 0.465 e. The highest BCUT2D eigenvalue weighted by atomic mass is 16.5.